The summed E-state index contributed by atoms with van der Waals surface area (Å²) in [6, 6.07) is 16.0. The third-order valence-electron chi connectivity index (χ3n) is 5.30. The van der Waals surface area contributed by atoms with Crippen LogP contribution in [0, 0.1) is 5.92 Å². The Kier molecular flexibility index (Phi) is 11.7. The van der Waals surface area contributed by atoms with Crippen molar-refractivity contribution in [2.45, 2.75) is 39.1 Å². The fraction of sp³-hybridized carbons (Fsp3) is 0.423. The molecule has 2 rings (SSSR count). The topological polar surface area (TPSA) is 101 Å². The number of hydrogen-bond acceptors (Lipinski definition) is 7. The van der Waals surface area contributed by atoms with Gasteiger partial charge in [-0.2, -0.15) is 5.10 Å². The highest BCUT2D eigenvalue weighted by Crippen LogP contribution is 2.16. The standard InChI is InChI=1S/C26H36N4O5/c1-19(2)15-23(26(32)27-16-20-11-13-22(33-3)14-12-20)30(18-25(34-4)35-5)24(31)17-28-29-21-9-7-6-8-10-21/h6-14,17,19,23,25,29H,15-16,18H2,1-5H3,(H,27,32)/b28-17+. The number of carbonyl (C=O) groups excluding carboxylic acids is 2. The summed E-state index contributed by atoms with van der Waals surface area (Å²) in [6.07, 6.45) is 0.929. The van der Waals surface area contributed by atoms with Crippen LogP contribution in [0.15, 0.2) is 59.7 Å². The minimum absolute atomic E-state index is 0.0660. The highest BCUT2D eigenvalue weighted by Gasteiger charge is 2.32. The van der Waals surface area contributed by atoms with E-state index in [2.05, 4.69) is 15.8 Å². The molecule has 2 aromatic carbocycles. The molecule has 0 fully saturated rings. The molecule has 0 aliphatic heterocycles. The van der Waals surface area contributed by atoms with Crippen LogP contribution in [0.1, 0.15) is 25.8 Å². The molecule has 0 aromatic heterocycles. The lowest BCUT2D eigenvalue weighted by molar-refractivity contribution is -0.150. The van der Waals surface area contributed by atoms with Crippen molar-refractivity contribution in [1.82, 2.24) is 10.2 Å². The molecule has 2 aromatic rings. The van der Waals surface area contributed by atoms with Crippen LogP contribution in [0.3, 0.4) is 0 Å². The summed E-state index contributed by atoms with van der Waals surface area (Å²) in [6.45, 7) is 4.39. The van der Waals surface area contributed by atoms with E-state index in [1.807, 2.05) is 68.4 Å². The molecule has 0 heterocycles. The second-order valence-electron chi connectivity index (χ2n) is 8.34. The van der Waals surface area contributed by atoms with Crippen LogP contribution in [-0.2, 0) is 25.6 Å². The molecule has 9 nitrogen and oxygen atoms in total. The van der Waals surface area contributed by atoms with Crippen LogP contribution in [0.2, 0.25) is 0 Å². The molecule has 9 heteroatoms. The van der Waals surface area contributed by atoms with Crippen molar-refractivity contribution in [3.8, 4) is 5.75 Å². The fourth-order valence-electron chi connectivity index (χ4n) is 3.40. The third-order valence-corrected chi connectivity index (χ3v) is 5.30. The van der Waals surface area contributed by atoms with Crippen LogP contribution >= 0.6 is 0 Å². The minimum atomic E-state index is -0.739. The van der Waals surface area contributed by atoms with Gasteiger partial charge in [-0.25, -0.2) is 0 Å². The van der Waals surface area contributed by atoms with Gasteiger partial charge in [0.1, 0.15) is 18.0 Å². The number of nitrogens with zero attached hydrogens (tertiary/aromatic N) is 2. The molecular formula is C26H36N4O5. The molecule has 1 atom stereocenters. The molecule has 0 spiro atoms. The van der Waals surface area contributed by atoms with Crippen LogP contribution in [-0.4, -0.2) is 63.1 Å². The van der Waals surface area contributed by atoms with Crippen molar-refractivity contribution in [2.24, 2.45) is 11.0 Å². The van der Waals surface area contributed by atoms with Crippen LogP contribution in [0.25, 0.3) is 0 Å². The Morgan fingerprint density at radius 3 is 2.23 bits per heavy atom. The van der Waals surface area contributed by atoms with Gasteiger partial charge in [-0.15, -0.1) is 0 Å². The molecule has 35 heavy (non-hydrogen) atoms. The molecule has 0 saturated heterocycles. The highest BCUT2D eigenvalue weighted by molar-refractivity contribution is 6.26. The maximum Gasteiger partial charge on any atom is 0.267 e. The van der Waals surface area contributed by atoms with E-state index in [-0.39, 0.29) is 18.4 Å². The monoisotopic (exact) mass is 484 g/mol. The zero-order chi connectivity index (χ0) is 25.6. The molecule has 0 saturated carbocycles. The summed E-state index contributed by atoms with van der Waals surface area (Å²) in [4.78, 5) is 27.9. The average Bonchev–Trinajstić information content (AvgIpc) is 2.87. The van der Waals surface area contributed by atoms with E-state index in [1.54, 1.807) is 7.11 Å². The van der Waals surface area contributed by atoms with Gasteiger partial charge in [-0.1, -0.05) is 44.2 Å². The Morgan fingerprint density at radius 2 is 1.66 bits per heavy atom. The summed E-state index contributed by atoms with van der Waals surface area (Å²) < 4.78 is 15.8. The van der Waals surface area contributed by atoms with Gasteiger partial charge in [0.2, 0.25) is 5.91 Å². The molecule has 190 valence electrons. The summed E-state index contributed by atoms with van der Waals surface area (Å²) in [5, 5.41) is 7.01. The summed E-state index contributed by atoms with van der Waals surface area (Å²) in [7, 11) is 4.58. The van der Waals surface area contributed by atoms with Crippen molar-refractivity contribution in [3.05, 3.63) is 60.2 Å². The number of amides is 2. The second-order valence-corrected chi connectivity index (χ2v) is 8.34. The summed E-state index contributed by atoms with van der Waals surface area (Å²) in [5.41, 5.74) is 4.48. The van der Waals surface area contributed by atoms with E-state index in [0.717, 1.165) is 17.0 Å². The van der Waals surface area contributed by atoms with E-state index in [1.165, 1.54) is 25.3 Å². The van der Waals surface area contributed by atoms with Gasteiger partial charge in [-0.3, -0.25) is 15.0 Å². The number of anilines is 1. The maximum atomic E-state index is 13.3. The average molecular weight is 485 g/mol. The Labute approximate surface area is 207 Å². The van der Waals surface area contributed by atoms with Crippen LogP contribution in [0.4, 0.5) is 5.69 Å². The number of carbonyl (C=O) groups is 2. The summed E-state index contributed by atoms with van der Waals surface area (Å²) >= 11 is 0. The molecule has 2 N–H and O–H groups in total. The van der Waals surface area contributed by atoms with E-state index >= 15 is 0 Å². The zero-order valence-electron chi connectivity index (χ0n) is 21.1. The van der Waals surface area contributed by atoms with Gasteiger partial charge in [0.05, 0.1) is 19.3 Å². The number of para-hydroxylation sites is 1. The summed E-state index contributed by atoms with van der Waals surface area (Å²) in [5.74, 6) is 0.198. The SMILES string of the molecule is COc1ccc(CNC(=O)C(CC(C)C)N(CC(OC)OC)C(=O)/C=N/Nc2ccccc2)cc1. The van der Waals surface area contributed by atoms with Gasteiger partial charge in [0, 0.05) is 20.8 Å². The van der Waals surface area contributed by atoms with E-state index < -0.39 is 18.2 Å². The van der Waals surface area contributed by atoms with Crippen molar-refractivity contribution in [3.63, 3.8) is 0 Å². The second kappa shape index (κ2) is 14.7. The van der Waals surface area contributed by atoms with E-state index in [4.69, 9.17) is 14.2 Å². The minimum Gasteiger partial charge on any atom is -0.497 e. The first kappa shape index (κ1) is 27.8. The van der Waals surface area contributed by atoms with Gasteiger partial charge >= 0.3 is 0 Å². The molecule has 0 bridgehead atoms. The maximum absolute atomic E-state index is 13.3. The van der Waals surface area contributed by atoms with Crippen LogP contribution < -0.4 is 15.5 Å². The molecule has 0 aliphatic rings. The van der Waals surface area contributed by atoms with Crippen molar-refractivity contribution < 1.29 is 23.8 Å². The Bertz CT molecular complexity index is 931. The number of benzene rings is 2. The van der Waals surface area contributed by atoms with Gasteiger partial charge in [0.15, 0.2) is 6.29 Å². The van der Waals surface area contributed by atoms with Gasteiger partial charge in [0.25, 0.3) is 5.91 Å². The van der Waals surface area contributed by atoms with Crippen molar-refractivity contribution in [2.75, 3.05) is 33.3 Å². The molecule has 1 unspecified atom stereocenters. The lowest BCUT2D eigenvalue weighted by Gasteiger charge is -2.33. The lowest BCUT2D eigenvalue weighted by Crippen LogP contribution is -2.53. The molecule has 0 aliphatic carbocycles. The van der Waals surface area contributed by atoms with Gasteiger partial charge in [-0.05, 0) is 42.2 Å². The number of hydrogen-bond donors (Lipinski definition) is 2. The number of hydrazone groups is 1. The predicted octanol–water partition coefficient (Wildman–Crippen LogP) is 3.27. The van der Waals surface area contributed by atoms with E-state index in [9.17, 15) is 9.59 Å². The Balaban J connectivity index is 2.19. The lowest BCUT2D eigenvalue weighted by atomic mass is 10.0. The highest BCUT2D eigenvalue weighted by atomic mass is 16.7. The van der Waals surface area contributed by atoms with Crippen molar-refractivity contribution >= 4 is 23.7 Å². The third kappa shape index (κ3) is 9.38. The number of rotatable bonds is 14. The largest absolute Gasteiger partial charge is 0.497 e. The number of nitrogens with one attached hydrogen (secondary N) is 2. The smallest absolute Gasteiger partial charge is 0.267 e. The first-order chi connectivity index (χ1) is 16.9. The van der Waals surface area contributed by atoms with E-state index in [0.29, 0.717) is 13.0 Å². The molecular weight excluding hydrogens is 448 g/mol. The van der Waals surface area contributed by atoms with Crippen molar-refractivity contribution in [1.29, 1.82) is 0 Å². The first-order valence-electron chi connectivity index (χ1n) is 11.5. The fourth-order valence-corrected chi connectivity index (χ4v) is 3.40. The van der Waals surface area contributed by atoms with Crippen LogP contribution in [0.5, 0.6) is 5.75 Å². The predicted molar refractivity (Wildman–Crippen MR) is 136 cm³/mol. The number of methoxy groups -OCH3 is 3. The first-order valence-corrected chi connectivity index (χ1v) is 11.5. The molecule has 2 amide bonds. The molecule has 0 radical (unpaired) electrons. The van der Waals surface area contributed by atoms with Gasteiger partial charge < -0.3 is 24.4 Å². The number of ether oxygens (including phenoxy) is 3. The Hall–Kier alpha value is -3.43. The Morgan fingerprint density at radius 1 is 1.00 bits per heavy atom. The quantitative estimate of drug-likeness (QED) is 0.242. The zero-order valence-corrected chi connectivity index (χ0v) is 21.1. The normalized spacial score (nSPS) is 12.1.